The van der Waals surface area contributed by atoms with E-state index in [-0.39, 0.29) is 0 Å². The molecule has 1 aromatic carbocycles. The van der Waals surface area contributed by atoms with Crippen molar-refractivity contribution in [3.63, 3.8) is 0 Å². The van der Waals surface area contributed by atoms with Crippen molar-refractivity contribution in [1.82, 2.24) is 0 Å². The molecule has 4 heteroatoms. The third-order valence-electron chi connectivity index (χ3n) is 3.80. The molecule has 0 spiro atoms. The summed E-state index contributed by atoms with van der Waals surface area (Å²) < 4.78 is 5.27. The molecule has 1 aromatic rings. The van der Waals surface area contributed by atoms with Crippen molar-refractivity contribution < 1.29 is 14.6 Å². The van der Waals surface area contributed by atoms with Gasteiger partial charge in [0.1, 0.15) is 5.75 Å². The van der Waals surface area contributed by atoms with Gasteiger partial charge in [0.15, 0.2) is 0 Å². The molecule has 1 aliphatic rings. The summed E-state index contributed by atoms with van der Waals surface area (Å²) in [4.78, 5) is 10.6. The van der Waals surface area contributed by atoms with E-state index in [0.29, 0.717) is 5.75 Å². The van der Waals surface area contributed by atoms with Gasteiger partial charge in [-0.1, -0.05) is 18.9 Å². The lowest BCUT2D eigenvalue weighted by Crippen LogP contribution is -1.97. The summed E-state index contributed by atoms with van der Waals surface area (Å²) in [6, 6.07) is 5.98. The third-order valence-corrected chi connectivity index (χ3v) is 5.04. The zero-order chi connectivity index (χ0) is 15.1. The molecule has 0 amide bonds. The van der Waals surface area contributed by atoms with Gasteiger partial charge < -0.3 is 9.84 Å². The second-order valence-electron chi connectivity index (χ2n) is 5.41. The maximum atomic E-state index is 10.6. The summed E-state index contributed by atoms with van der Waals surface area (Å²) in [7, 11) is 1.60. The van der Waals surface area contributed by atoms with Crippen LogP contribution in [0.15, 0.2) is 24.3 Å². The highest BCUT2D eigenvalue weighted by molar-refractivity contribution is 7.98. The van der Waals surface area contributed by atoms with Crippen molar-refractivity contribution in [2.75, 3.05) is 12.9 Å². The van der Waals surface area contributed by atoms with Crippen LogP contribution in [0.25, 0.3) is 6.08 Å². The molecule has 0 unspecified atom stereocenters. The van der Waals surface area contributed by atoms with Crippen LogP contribution in [-0.4, -0.2) is 23.9 Å². The van der Waals surface area contributed by atoms with Crippen LogP contribution in [0, 0.1) is 5.92 Å². The van der Waals surface area contributed by atoms with E-state index >= 15 is 0 Å². The molecule has 0 heterocycles. The van der Waals surface area contributed by atoms with Crippen molar-refractivity contribution >= 4 is 23.8 Å². The number of ether oxygens (including phenoxy) is 1. The van der Waals surface area contributed by atoms with E-state index in [1.807, 2.05) is 23.9 Å². The Bertz CT molecular complexity index is 505. The first-order chi connectivity index (χ1) is 10.2. The van der Waals surface area contributed by atoms with Crippen LogP contribution in [-0.2, 0) is 10.5 Å². The Morgan fingerprint density at radius 2 is 2.19 bits per heavy atom. The number of aliphatic carboxylic acids is 1. The molecule has 1 fully saturated rings. The highest BCUT2D eigenvalue weighted by Gasteiger charge is 2.14. The molecule has 3 nitrogen and oxygen atoms in total. The predicted molar refractivity (Wildman–Crippen MR) is 87.8 cm³/mol. The van der Waals surface area contributed by atoms with Gasteiger partial charge in [-0.3, -0.25) is 0 Å². The van der Waals surface area contributed by atoms with Crippen LogP contribution in [0.1, 0.15) is 36.8 Å². The Kier molecular flexibility index (Phi) is 6.18. The molecule has 21 heavy (non-hydrogen) atoms. The van der Waals surface area contributed by atoms with Crippen molar-refractivity contribution in [3.05, 3.63) is 35.4 Å². The van der Waals surface area contributed by atoms with E-state index in [2.05, 4.69) is 6.07 Å². The van der Waals surface area contributed by atoms with E-state index in [4.69, 9.17) is 9.84 Å². The lowest BCUT2D eigenvalue weighted by atomic mass is 10.1. The lowest BCUT2D eigenvalue weighted by Gasteiger charge is -2.10. The fourth-order valence-electron chi connectivity index (χ4n) is 2.69. The van der Waals surface area contributed by atoms with Gasteiger partial charge in [-0.05, 0) is 48.3 Å². The predicted octanol–water partition coefficient (Wildman–Crippen LogP) is 4.22. The molecule has 0 saturated heterocycles. The SMILES string of the molecule is COc1ccc(CSCC2CCCC2)cc1C=CC(=O)O. The molecule has 0 bridgehead atoms. The highest BCUT2D eigenvalue weighted by atomic mass is 32.2. The number of methoxy groups -OCH3 is 1. The largest absolute Gasteiger partial charge is 0.496 e. The van der Waals surface area contributed by atoms with E-state index in [1.54, 1.807) is 13.2 Å². The number of hydrogen-bond acceptors (Lipinski definition) is 3. The topological polar surface area (TPSA) is 46.5 Å². The first kappa shape index (κ1) is 16.0. The minimum Gasteiger partial charge on any atom is -0.496 e. The minimum absolute atomic E-state index is 0.706. The summed E-state index contributed by atoms with van der Waals surface area (Å²) >= 11 is 1.97. The van der Waals surface area contributed by atoms with Crippen LogP contribution < -0.4 is 4.74 Å². The molecule has 0 aliphatic heterocycles. The third kappa shape index (κ3) is 5.12. The van der Waals surface area contributed by atoms with E-state index in [1.165, 1.54) is 37.0 Å². The maximum absolute atomic E-state index is 10.6. The summed E-state index contributed by atoms with van der Waals surface area (Å²) in [5, 5.41) is 8.74. The Balaban J connectivity index is 1.95. The number of thioether (sulfide) groups is 1. The summed E-state index contributed by atoms with van der Waals surface area (Å²) in [5.41, 5.74) is 2.03. The molecule has 0 radical (unpaired) electrons. The van der Waals surface area contributed by atoms with Crippen LogP contribution >= 0.6 is 11.8 Å². The van der Waals surface area contributed by atoms with Gasteiger partial charge in [0.25, 0.3) is 0 Å². The Hall–Kier alpha value is -1.42. The first-order valence-electron chi connectivity index (χ1n) is 7.34. The Morgan fingerprint density at radius 3 is 2.86 bits per heavy atom. The summed E-state index contributed by atoms with van der Waals surface area (Å²) in [6.45, 7) is 0. The van der Waals surface area contributed by atoms with E-state index in [0.717, 1.165) is 23.3 Å². The number of carboxylic acid groups (broad SMARTS) is 1. The fraction of sp³-hybridized carbons (Fsp3) is 0.471. The molecule has 1 saturated carbocycles. The Labute approximate surface area is 130 Å². The maximum Gasteiger partial charge on any atom is 0.328 e. The lowest BCUT2D eigenvalue weighted by molar-refractivity contribution is -0.131. The van der Waals surface area contributed by atoms with Gasteiger partial charge >= 0.3 is 5.97 Å². The number of rotatable bonds is 7. The van der Waals surface area contributed by atoms with Gasteiger partial charge in [0.2, 0.25) is 0 Å². The molecular formula is C17H22O3S. The number of carboxylic acids is 1. The quantitative estimate of drug-likeness (QED) is 0.766. The summed E-state index contributed by atoms with van der Waals surface area (Å²) in [6.07, 6.45) is 8.26. The van der Waals surface area contributed by atoms with Crippen molar-refractivity contribution in [1.29, 1.82) is 0 Å². The molecule has 1 aliphatic carbocycles. The summed E-state index contributed by atoms with van der Waals surface area (Å²) in [5.74, 6) is 2.84. The van der Waals surface area contributed by atoms with Gasteiger partial charge in [-0.2, -0.15) is 11.8 Å². The van der Waals surface area contributed by atoms with Crippen LogP contribution in [0.5, 0.6) is 5.75 Å². The normalized spacial score (nSPS) is 15.7. The zero-order valence-corrected chi connectivity index (χ0v) is 13.2. The van der Waals surface area contributed by atoms with E-state index < -0.39 is 5.97 Å². The smallest absolute Gasteiger partial charge is 0.328 e. The van der Waals surface area contributed by atoms with Gasteiger partial charge in [-0.25, -0.2) is 4.79 Å². The monoisotopic (exact) mass is 306 g/mol. The first-order valence-corrected chi connectivity index (χ1v) is 8.50. The molecule has 114 valence electrons. The van der Waals surface area contributed by atoms with Gasteiger partial charge in [0.05, 0.1) is 7.11 Å². The van der Waals surface area contributed by atoms with Crippen LogP contribution in [0.2, 0.25) is 0 Å². The van der Waals surface area contributed by atoms with Gasteiger partial charge in [0, 0.05) is 17.4 Å². The molecule has 0 atom stereocenters. The molecular weight excluding hydrogens is 284 g/mol. The van der Waals surface area contributed by atoms with Crippen LogP contribution in [0.3, 0.4) is 0 Å². The average molecular weight is 306 g/mol. The minimum atomic E-state index is -0.946. The van der Waals surface area contributed by atoms with E-state index in [9.17, 15) is 4.79 Å². The molecule has 1 N–H and O–H groups in total. The van der Waals surface area contributed by atoms with Crippen molar-refractivity contribution in [2.45, 2.75) is 31.4 Å². The average Bonchev–Trinajstić information content (AvgIpc) is 2.98. The number of carbonyl (C=O) groups is 1. The highest BCUT2D eigenvalue weighted by Crippen LogP contribution is 2.30. The second-order valence-corrected chi connectivity index (χ2v) is 6.44. The second kappa shape index (κ2) is 8.13. The molecule has 2 rings (SSSR count). The number of hydrogen-bond donors (Lipinski definition) is 1. The van der Waals surface area contributed by atoms with Crippen molar-refractivity contribution in [2.24, 2.45) is 5.92 Å². The standard InChI is InChI=1S/C17H22O3S/c1-20-16-8-6-14(10-15(16)7-9-17(18)19)12-21-11-13-4-2-3-5-13/h6-10,13H,2-5,11-12H2,1H3,(H,18,19). The fourth-order valence-corrected chi connectivity index (χ4v) is 3.89. The number of benzene rings is 1. The zero-order valence-electron chi connectivity index (χ0n) is 12.4. The van der Waals surface area contributed by atoms with Gasteiger partial charge in [-0.15, -0.1) is 0 Å². The Morgan fingerprint density at radius 1 is 1.43 bits per heavy atom. The van der Waals surface area contributed by atoms with Crippen LogP contribution in [0.4, 0.5) is 0 Å². The van der Waals surface area contributed by atoms with Crippen molar-refractivity contribution in [3.8, 4) is 5.75 Å². The molecule has 0 aromatic heterocycles.